The van der Waals surface area contributed by atoms with E-state index in [1.54, 1.807) is 17.5 Å². The fourth-order valence-electron chi connectivity index (χ4n) is 4.27. The van der Waals surface area contributed by atoms with Crippen molar-refractivity contribution in [3.63, 3.8) is 0 Å². The molecule has 0 aliphatic carbocycles. The second kappa shape index (κ2) is 8.81. The van der Waals surface area contributed by atoms with Crippen molar-refractivity contribution >= 4 is 39.0 Å². The van der Waals surface area contributed by atoms with Crippen LogP contribution in [-0.4, -0.2) is 30.1 Å². The Labute approximate surface area is 206 Å². The van der Waals surface area contributed by atoms with Gasteiger partial charge in [-0.1, -0.05) is 19.9 Å². The van der Waals surface area contributed by atoms with E-state index in [1.807, 2.05) is 36.7 Å². The van der Waals surface area contributed by atoms with E-state index in [1.165, 1.54) is 0 Å². The minimum atomic E-state index is 0.771. The standard InChI is InChI=1S/C27H23N7S/c1-3-4-16(2)30-19-11-18(13-28-14-19)21-5-6-23-26(32-21)27(34-33-23)24-12-20-22(31-24)7-9-29-25(20)17-8-10-35-15-17/h5-15,30-31H,2-4H2,1H3,(H,33,34). The second-order valence-corrected chi connectivity index (χ2v) is 9.20. The third-order valence-electron chi connectivity index (χ3n) is 5.91. The number of H-pyrrole nitrogens is 2. The summed E-state index contributed by atoms with van der Waals surface area (Å²) in [5, 5.41) is 16.3. The number of aromatic nitrogens is 6. The van der Waals surface area contributed by atoms with Crippen LogP contribution >= 0.6 is 11.3 Å². The summed E-state index contributed by atoms with van der Waals surface area (Å²) in [6, 6.07) is 12.2. The highest BCUT2D eigenvalue weighted by Crippen LogP contribution is 2.33. The Balaban J connectivity index is 1.40. The van der Waals surface area contributed by atoms with Gasteiger partial charge in [0.15, 0.2) is 0 Å². The van der Waals surface area contributed by atoms with E-state index in [-0.39, 0.29) is 0 Å². The molecule has 0 unspecified atom stereocenters. The second-order valence-electron chi connectivity index (χ2n) is 8.42. The van der Waals surface area contributed by atoms with Gasteiger partial charge in [0.25, 0.3) is 0 Å². The highest BCUT2D eigenvalue weighted by atomic mass is 32.1. The summed E-state index contributed by atoms with van der Waals surface area (Å²) in [5.74, 6) is 0. The summed E-state index contributed by atoms with van der Waals surface area (Å²) in [7, 11) is 0. The van der Waals surface area contributed by atoms with Crippen LogP contribution in [0.15, 0.2) is 78.0 Å². The zero-order valence-corrected chi connectivity index (χ0v) is 20.0. The van der Waals surface area contributed by atoms with Crippen LogP contribution in [0.4, 0.5) is 5.69 Å². The van der Waals surface area contributed by atoms with Gasteiger partial charge in [0, 0.05) is 45.5 Å². The lowest BCUT2D eigenvalue weighted by Crippen LogP contribution is -1.98. The molecule has 6 aromatic rings. The molecule has 0 aliphatic heterocycles. The molecule has 0 atom stereocenters. The van der Waals surface area contributed by atoms with Crippen LogP contribution in [0, 0.1) is 0 Å². The molecule has 6 aromatic heterocycles. The lowest BCUT2D eigenvalue weighted by Gasteiger charge is -2.09. The van der Waals surface area contributed by atoms with Crippen LogP contribution in [0.1, 0.15) is 19.8 Å². The van der Waals surface area contributed by atoms with Crippen LogP contribution in [0.5, 0.6) is 0 Å². The molecular weight excluding hydrogens is 454 g/mol. The molecular formula is C27H23N7S. The van der Waals surface area contributed by atoms with Gasteiger partial charge in [0.2, 0.25) is 0 Å². The molecule has 0 saturated heterocycles. The van der Waals surface area contributed by atoms with E-state index in [9.17, 15) is 0 Å². The number of nitrogens with zero attached hydrogens (tertiary/aromatic N) is 4. The largest absolute Gasteiger partial charge is 0.358 e. The van der Waals surface area contributed by atoms with E-state index in [4.69, 9.17) is 4.98 Å². The molecule has 6 rings (SSSR count). The first-order valence-electron chi connectivity index (χ1n) is 11.5. The van der Waals surface area contributed by atoms with Gasteiger partial charge in [0.05, 0.1) is 34.5 Å². The number of anilines is 1. The van der Waals surface area contributed by atoms with Gasteiger partial charge in [-0.25, -0.2) is 4.98 Å². The van der Waals surface area contributed by atoms with Gasteiger partial charge in [-0.2, -0.15) is 16.4 Å². The highest BCUT2D eigenvalue weighted by Gasteiger charge is 2.16. The fraction of sp³-hybridized carbons (Fsp3) is 0.111. The Morgan fingerprint density at radius 1 is 1.06 bits per heavy atom. The zero-order valence-electron chi connectivity index (χ0n) is 19.2. The summed E-state index contributed by atoms with van der Waals surface area (Å²) >= 11 is 1.66. The van der Waals surface area contributed by atoms with Gasteiger partial charge >= 0.3 is 0 Å². The summed E-state index contributed by atoms with van der Waals surface area (Å²) in [6.07, 6.45) is 7.41. The highest BCUT2D eigenvalue weighted by molar-refractivity contribution is 7.08. The molecule has 0 spiro atoms. The molecule has 7 nitrogen and oxygen atoms in total. The minimum absolute atomic E-state index is 0.771. The predicted octanol–water partition coefficient (Wildman–Crippen LogP) is 7.02. The number of aromatic amines is 2. The molecule has 6 heterocycles. The molecule has 0 radical (unpaired) electrons. The molecule has 0 fully saturated rings. The average Bonchev–Trinajstić information content (AvgIpc) is 3.63. The van der Waals surface area contributed by atoms with Crippen molar-refractivity contribution in [3.8, 4) is 33.9 Å². The van der Waals surface area contributed by atoms with Crippen molar-refractivity contribution in [2.75, 3.05) is 5.32 Å². The quantitative estimate of drug-likeness (QED) is 0.230. The molecule has 0 aromatic carbocycles. The maximum atomic E-state index is 4.96. The van der Waals surface area contributed by atoms with E-state index in [0.717, 1.165) is 80.1 Å². The third-order valence-corrected chi connectivity index (χ3v) is 6.60. The van der Waals surface area contributed by atoms with E-state index < -0.39 is 0 Å². The summed E-state index contributed by atoms with van der Waals surface area (Å²) in [5.41, 5.74) is 10.0. The summed E-state index contributed by atoms with van der Waals surface area (Å²) < 4.78 is 0. The predicted molar refractivity (Wildman–Crippen MR) is 143 cm³/mol. The van der Waals surface area contributed by atoms with Crippen LogP contribution in [0.25, 0.3) is 55.8 Å². The molecule has 0 saturated carbocycles. The van der Waals surface area contributed by atoms with E-state index in [0.29, 0.717) is 0 Å². The molecule has 3 N–H and O–H groups in total. The maximum absolute atomic E-state index is 4.96. The van der Waals surface area contributed by atoms with Crippen LogP contribution < -0.4 is 5.32 Å². The number of fused-ring (bicyclic) bond motifs is 2. The Morgan fingerprint density at radius 2 is 2.00 bits per heavy atom. The number of nitrogens with one attached hydrogen (secondary N) is 3. The number of hydrogen-bond donors (Lipinski definition) is 3. The number of hydrogen-bond acceptors (Lipinski definition) is 6. The first kappa shape index (κ1) is 21.2. The summed E-state index contributed by atoms with van der Waals surface area (Å²) in [4.78, 5) is 17.5. The van der Waals surface area contributed by atoms with Crippen molar-refractivity contribution in [1.29, 1.82) is 0 Å². The summed E-state index contributed by atoms with van der Waals surface area (Å²) in [6.45, 7) is 6.22. The van der Waals surface area contributed by atoms with E-state index >= 15 is 0 Å². The monoisotopic (exact) mass is 477 g/mol. The van der Waals surface area contributed by atoms with Gasteiger partial charge in [-0.3, -0.25) is 15.1 Å². The van der Waals surface area contributed by atoms with E-state index in [2.05, 4.69) is 66.9 Å². The SMILES string of the molecule is C=C(CCC)Nc1cncc(-c2ccc3[nH]nc(-c4cc5c(-c6ccsc6)nccc5[nH]4)c3n2)c1. The Bertz CT molecular complexity index is 1660. The first-order chi connectivity index (χ1) is 17.2. The first-order valence-corrected chi connectivity index (χ1v) is 12.4. The molecule has 35 heavy (non-hydrogen) atoms. The van der Waals surface area contributed by atoms with Gasteiger partial charge in [-0.15, -0.1) is 0 Å². The third kappa shape index (κ3) is 3.98. The molecule has 0 aliphatic rings. The van der Waals surface area contributed by atoms with Crippen molar-refractivity contribution in [1.82, 2.24) is 30.1 Å². The van der Waals surface area contributed by atoms with Gasteiger partial charge in [-0.05, 0) is 48.2 Å². The van der Waals surface area contributed by atoms with Gasteiger partial charge in [0.1, 0.15) is 11.2 Å². The van der Waals surface area contributed by atoms with Crippen molar-refractivity contribution in [3.05, 3.63) is 78.0 Å². The lowest BCUT2D eigenvalue weighted by atomic mass is 10.1. The number of rotatable bonds is 7. The molecule has 172 valence electrons. The minimum Gasteiger partial charge on any atom is -0.358 e. The number of allylic oxidation sites excluding steroid dienone is 1. The maximum Gasteiger partial charge on any atom is 0.135 e. The van der Waals surface area contributed by atoms with Crippen molar-refractivity contribution in [2.24, 2.45) is 0 Å². The van der Waals surface area contributed by atoms with Crippen LogP contribution in [0.3, 0.4) is 0 Å². The van der Waals surface area contributed by atoms with Crippen molar-refractivity contribution in [2.45, 2.75) is 19.8 Å². The smallest absolute Gasteiger partial charge is 0.135 e. The normalized spacial score (nSPS) is 11.3. The average molecular weight is 478 g/mol. The Hall–Kier alpha value is -4.30. The number of pyridine rings is 3. The Kier molecular flexibility index (Phi) is 5.35. The molecule has 8 heteroatoms. The molecule has 0 amide bonds. The fourth-order valence-corrected chi connectivity index (χ4v) is 4.92. The van der Waals surface area contributed by atoms with Crippen molar-refractivity contribution < 1.29 is 0 Å². The van der Waals surface area contributed by atoms with Crippen LogP contribution in [-0.2, 0) is 0 Å². The molecule has 0 bridgehead atoms. The number of thiophene rings is 1. The topological polar surface area (TPSA) is 95.2 Å². The Morgan fingerprint density at radius 3 is 2.86 bits per heavy atom. The lowest BCUT2D eigenvalue weighted by molar-refractivity contribution is 0.913. The van der Waals surface area contributed by atoms with Gasteiger partial charge < -0.3 is 10.3 Å². The van der Waals surface area contributed by atoms with Crippen LogP contribution in [0.2, 0.25) is 0 Å². The zero-order chi connectivity index (χ0) is 23.8.